The zero-order valence-electron chi connectivity index (χ0n) is 9.05. The van der Waals surface area contributed by atoms with Gasteiger partial charge in [0.2, 0.25) is 0 Å². The van der Waals surface area contributed by atoms with E-state index >= 15 is 0 Å². The van der Waals surface area contributed by atoms with Crippen molar-refractivity contribution in [3.63, 3.8) is 0 Å². The number of carboxylic acid groups (broad SMARTS) is 2. The van der Waals surface area contributed by atoms with Crippen molar-refractivity contribution in [1.82, 2.24) is 0 Å². The molecule has 15 heavy (non-hydrogen) atoms. The van der Waals surface area contributed by atoms with Crippen LogP contribution in [0.5, 0.6) is 0 Å². The summed E-state index contributed by atoms with van der Waals surface area (Å²) in [7, 11) is 0. The predicted octanol–water partition coefficient (Wildman–Crippen LogP) is 0.695. The monoisotopic (exact) mass is 237 g/mol. The molecule has 0 amide bonds. The molecular formula is C8H15NO5S. The van der Waals surface area contributed by atoms with E-state index in [4.69, 9.17) is 15.0 Å². The maximum Gasteiger partial charge on any atom is 0.351 e. The summed E-state index contributed by atoms with van der Waals surface area (Å²) in [6, 6.07) is 0. The average Bonchev–Trinajstić information content (AvgIpc) is 1.96. The minimum absolute atomic E-state index is 0.494. The highest BCUT2D eigenvalue weighted by Gasteiger charge is 2.25. The second kappa shape index (κ2) is 7.24. The molecule has 0 aliphatic carbocycles. The molecule has 1 atom stereocenters. The number of carboxylic acids is 2. The first-order valence-electron chi connectivity index (χ1n) is 3.96. The Hall–Kier alpha value is -1.08. The first kappa shape index (κ1) is 16.4. The third-order valence-corrected chi connectivity index (χ3v) is 2.13. The number of hydrogen-bond donors (Lipinski definition) is 2. The second-order valence-electron chi connectivity index (χ2n) is 3.45. The van der Waals surface area contributed by atoms with Gasteiger partial charge in [-0.3, -0.25) is 4.79 Å². The first-order chi connectivity index (χ1) is 6.57. The van der Waals surface area contributed by atoms with Crippen molar-refractivity contribution in [2.24, 2.45) is 4.40 Å². The Bertz CT molecular complexity index is 242. The maximum absolute atomic E-state index is 11.0. The van der Waals surface area contributed by atoms with Gasteiger partial charge in [-0.05, 0) is 20.8 Å². The second-order valence-corrected chi connectivity index (χ2v) is 5.39. The van der Waals surface area contributed by atoms with Gasteiger partial charge in [-0.25, -0.2) is 4.79 Å². The van der Waals surface area contributed by atoms with Gasteiger partial charge in [0.05, 0.1) is 0 Å². The molecular weight excluding hydrogens is 222 g/mol. The predicted molar refractivity (Wildman–Crippen MR) is 57.3 cm³/mol. The van der Waals surface area contributed by atoms with Crippen LogP contribution in [-0.4, -0.2) is 37.7 Å². The van der Waals surface area contributed by atoms with E-state index < -0.39 is 28.0 Å². The third-order valence-electron chi connectivity index (χ3n) is 0.783. The van der Waals surface area contributed by atoms with Gasteiger partial charge in [-0.1, -0.05) is 4.40 Å². The standard InChI is InChI=1S/C6H11NO3S.C2H4O2/c1-6(2,3)11(10)7-4-5(8)9;1-2(3)4/h4H,1-3H3,(H,8,9);1H3,(H,3,4). The van der Waals surface area contributed by atoms with Crippen LogP contribution in [-0.2, 0) is 21.0 Å². The number of hydrogen-bond acceptors (Lipinski definition) is 4. The molecule has 0 aliphatic heterocycles. The van der Waals surface area contributed by atoms with E-state index in [1.807, 2.05) is 0 Å². The molecule has 0 aliphatic rings. The lowest BCUT2D eigenvalue weighted by Gasteiger charge is -2.17. The molecule has 0 radical (unpaired) electrons. The van der Waals surface area contributed by atoms with Crippen molar-refractivity contribution in [3.8, 4) is 0 Å². The van der Waals surface area contributed by atoms with Crippen molar-refractivity contribution >= 4 is 29.5 Å². The summed E-state index contributed by atoms with van der Waals surface area (Å²) >= 11 is -1.47. The summed E-state index contributed by atoms with van der Waals surface area (Å²) in [5.74, 6) is -2.01. The van der Waals surface area contributed by atoms with Crippen LogP contribution in [0, 0.1) is 0 Å². The van der Waals surface area contributed by atoms with Gasteiger partial charge in [0.25, 0.3) is 5.97 Å². The lowest BCUT2D eigenvalue weighted by molar-refractivity contribution is -0.134. The molecule has 6 nitrogen and oxygen atoms in total. The SMILES string of the molecule is CC(=O)O.CC(C)(C)[S+]([O-])N=CC(=O)O. The Morgan fingerprint density at radius 3 is 1.87 bits per heavy atom. The summed E-state index contributed by atoms with van der Waals surface area (Å²) in [5, 5.41) is 15.6. The molecule has 0 spiro atoms. The zero-order valence-corrected chi connectivity index (χ0v) is 9.87. The topological polar surface area (TPSA) is 110 Å². The lowest BCUT2D eigenvalue weighted by atomic mass is 10.3. The minimum Gasteiger partial charge on any atom is -0.591 e. The van der Waals surface area contributed by atoms with Gasteiger partial charge in [0.15, 0.2) is 6.21 Å². The van der Waals surface area contributed by atoms with Gasteiger partial charge >= 0.3 is 5.97 Å². The number of carbonyl (C=O) groups is 2. The number of rotatable bonds is 2. The molecule has 0 bridgehead atoms. The molecule has 0 fully saturated rings. The Kier molecular flexibility index (Phi) is 7.90. The van der Waals surface area contributed by atoms with E-state index in [9.17, 15) is 9.35 Å². The van der Waals surface area contributed by atoms with E-state index in [-0.39, 0.29) is 0 Å². The molecule has 0 rings (SSSR count). The largest absolute Gasteiger partial charge is 0.591 e. The summed E-state index contributed by atoms with van der Waals surface area (Å²) in [6.07, 6.45) is 0.654. The van der Waals surface area contributed by atoms with Gasteiger partial charge in [-0.2, -0.15) is 0 Å². The van der Waals surface area contributed by atoms with Crippen molar-refractivity contribution < 1.29 is 24.4 Å². The van der Waals surface area contributed by atoms with Crippen LogP contribution >= 0.6 is 0 Å². The Morgan fingerprint density at radius 1 is 1.33 bits per heavy atom. The Balaban J connectivity index is 0. The number of aliphatic carboxylic acids is 2. The van der Waals surface area contributed by atoms with E-state index in [0.717, 1.165) is 6.92 Å². The zero-order chi connectivity index (χ0) is 12.6. The summed E-state index contributed by atoms with van der Waals surface area (Å²) < 4.78 is 13.9. The summed E-state index contributed by atoms with van der Waals surface area (Å²) in [5.41, 5.74) is 0. The lowest BCUT2D eigenvalue weighted by Crippen LogP contribution is -2.26. The van der Waals surface area contributed by atoms with Crippen molar-refractivity contribution in [2.75, 3.05) is 0 Å². The van der Waals surface area contributed by atoms with Crippen LogP contribution in [0.3, 0.4) is 0 Å². The molecule has 88 valence electrons. The third kappa shape index (κ3) is 15.7. The first-order valence-corrected chi connectivity index (χ1v) is 5.06. The Labute approximate surface area is 91.3 Å². The van der Waals surface area contributed by atoms with Crippen LogP contribution in [0.4, 0.5) is 0 Å². The van der Waals surface area contributed by atoms with E-state index in [1.54, 1.807) is 20.8 Å². The van der Waals surface area contributed by atoms with Crippen molar-refractivity contribution in [3.05, 3.63) is 0 Å². The quantitative estimate of drug-likeness (QED) is 0.542. The van der Waals surface area contributed by atoms with E-state index in [0.29, 0.717) is 6.21 Å². The fraction of sp³-hybridized carbons (Fsp3) is 0.625. The summed E-state index contributed by atoms with van der Waals surface area (Å²) in [6.45, 7) is 6.26. The molecule has 0 heterocycles. The molecule has 0 aromatic rings. The van der Waals surface area contributed by atoms with Crippen LogP contribution in [0.15, 0.2) is 4.40 Å². The highest BCUT2D eigenvalue weighted by atomic mass is 32.2. The molecule has 0 aromatic carbocycles. The molecule has 0 saturated carbocycles. The normalized spacial score (nSPS) is 12.9. The van der Waals surface area contributed by atoms with Crippen molar-refractivity contribution in [1.29, 1.82) is 0 Å². The molecule has 1 unspecified atom stereocenters. The maximum atomic E-state index is 11.0. The van der Waals surface area contributed by atoms with E-state index in [2.05, 4.69) is 4.40 Å². The molecule has 0 saturated heterocycles. The highest BCUT2D eigenvalue weighted by molar-refractivity contribution is 7.91. The van der Waals surface area contributed by atoms with Gasteiger partial charge in [0.1, 0.15) is 16.1 Å². The smallest absolute Gasteiger partial charge is 0.351 e. The molecule has 2 N–H and O–H groups in total. The van der Waals surface area contributed by atoms with Gasteiger partial charge < -0.3 is 14.8 Å². The molecule has 7 heteroatoms. The van der Waals surface area contributed by atoms with Crippen LogP contribution in [0.2, 0.25) is 0 Å². The van der Waals surface area contributed by atoms with E-state index in [1.165, 1.54) is 0 Å². The van der Waals surface area contributed by atoms with Crippen LogP contribution < -0.4 is 0 Å². The van der Waals surface area contributed by atoms with Crippen LogP contribution in [0.1, 0.15) is 27.7 Å². The van der Waals surface area contributed by atoms with Crippen molar-refractivity contribution in [2.45, 2.75) is 32.4 Å². The molecule has 0 aromatic heterocycles. The van der Waals surface area contributed by atoms with Gasteiger partial charge in [0, 0.05) is 6.92 Å². The highest BCUT2D eigenvalue weighted by Crippen LogP contribution is 2.15. The van der Waals surface area contributed by atoms with Crippen LogP contribution in [0.25, 0.3) is 0 Å². The fourth-order valence-corrected chi connectivity index (χ4v) is 0.753. The average molecular weight is 237 g/mol. The Morgan fingerprint density at radius 2 is 1.67 bits per heavy atom. The number of nitrogens with zero attached hydrogens (tertiary/aromatic N) is 1. The fourth-order valence-electron chi connectivity index (χ4n) is 0.251. The summed E-state index contributed by atoms with van der Waals surface area (Å²) in [4.78, 5) is 18.9. The minimum atomic E-state index is -1.47. The van der Waals surface area contributed by atoms with Gasteiger partial charge in [-0.15, -0.1) is 0 Å².